The number of benzene rings is 1. The minimum Gasteiger partial charge on any atom is -0.322 e. The number of hydrogen-bond donors (Lipinski definition) is 2. The summed E-state index contributed by atoms with van der Waals surface area (Å²) in [6, 6.07) is 3.38. The summed E-state index contributed by atoms with van der Waals surface area (Å²) in [5.41, 5.74) is 1.97. The van der Waals surface area contributed by atoms with Crippen LogP contribution in [0, 0.1) is 5.92 Å². The van der Waals surface area contributed by atoms with Crippen molar-refractivity contribution >= 4 is 46.0 Å². The predicted molar refractivity (Wildman–Crippen MR) is 85.9 cm³/mol. The van der Waals surface area contributed by atoms with Gasteiger partial charge in [-0.25, -0.2) is 0 Å². The molecule has 0 aliphatic carbocycles. The summed E-state index contributed by atoms with van der Waals surface area (Å²) in [6.07, 6.45) is 3.11. The maximum Gasteiger partial charge on any atom is 0.241 e. The van der Waals surface area contributed by atoms with Crippen molar-refractivity contribution in [2.75, 3.05) is 11.9 Å². The fourth-order valence-corrected chi connectivity index (χ4v) is 3.47. The van der Waals surface area contributed by atoms with E-state index in [0.29, 0.717) is 22.1 Å². The van der Waals surface area contributed by atoms with Gasteiger partial charge in [-0.2, -0.15) is 8.75 Å². The minimum atomic E-state index is -0.165. The summed E-state index contributed by atoms with van der Waals surface area (Å²) in [5, 5.41) is 6.69. The molecule has 7 heteroatoms. The second-order valence-electron chi connectivity index (χ2n) is 5.35. The van der Waals surface area contributed by atoms with Crippen molar-refractivity contribution in [3.8, 4) is 0 Å². The van der Waals surface area contributed by atoms with Crippen LogP contribution in [-0.4, -0.2) is 27.2 Å². The zero-order valence-corrected chi connectivity index (χ0v) is 13.3. The number of aromatic nitrogens is 2. The number of piperidine rings is 1. The standard InChI is InChI=1S/C14H17ClN4OS/c1-2-8-5-6-16-11(7-8)14(20)17-12-9(15)3-4-10-13(12)19-21-18-10/h3-4,8,11,16H,2,5-7H2,1H3,(H,17,20). The summed E-state index contributed by atoms with van der Waals surface area (Å²) < 4.78 is 8.39. The predicted octanol–water partition coefficient (Wildman–Crippen LogP) is 3.06. The first-order valence-corrected chi connectivity index (χ1v) is 8.25. The molecule has 2 aromatic rings. The van der Waals surface area contributed by atoms with Gasteiger partial charge in [0.05, 0.1) is 28.5 Å². The molecule has 5 nitrogen and oxygen atoms in total. The first-order chi connectivity index (χ1) is 10.2. The highest BCUT2D eigenvalue weighted by Crippen LogP contribution is 2.30. The Hall–Kier alpha value is -1.24. The van der Waals surface area contributed by atoms with E-state index in [1.54, 1.807) is 6.07 Å². The van der Waals surface area contributed by atoms with Gasteiger partial charge in [0, 0.05) is 0 Å². The van der Waals surface area contributed by atoms with Gasteiger partial charge in [0.2, 0.25) is 5.91 Å². The second-order valence-corrected chi connectivity index (χ2v) is 6.28. The number of carbonyl (C=O) groups is 1. The molecule has 1 aliphatic rings. The maximum absolute atomic E-state index is 12.5. The highest BCUT2D eigenvalue weighted by Gasteiger charge is 2.27. The van der Waals surface area contributed by atoms with E-state index >= 15 is 0 Å². The number of rotatable bonds is 3. The van der Waals surface area contributed by atoms with E-state index in [9.17, 15) is 4.79 Å². The Balaban J connectivity index is 1.80. The average molecular weight is 325 g/mol. The SMILES string of the molecule is CCC1CCNC(C(=O)Nc2c(Cl)ccc3nsnc23)C1. The van der Waals surface area contributed by atoms with Crippen LogP contribution in [0.3, 0.4) is 0 Å². The molecule has 0 saturated carbocycles. The van der Waals surface area contributed by atoms with E-state index in [1.807, 2.05) is 6.07 Å². The lowest BCUT2D eigenvalue weighted by Gasteiger charge is -2.28. The molecular formula is C14H17ClN4OS. The van der Waals surface area contributed by atoms with Gasteiger partial charge in [0.25, 0.3) is 0 Å². The fourth-order valence-electron chi connectivity index (χ4n) is 2.72. The van der Waals surface area contributed by atoms with Crippen LogP contribution in [0.5, 0.6) is 0 Å². The van der Waals surface area contributed by atoms with E-state index in [4.69, 9.17) is 11.6 Å². The fraction of sp³-hybridized carbons (Fsp3) is 0.500. The first-order valence-electron chi connectivity index (χ1n) is 7.14. The van der Waals surface area contributed by atoms with Gasteiger partial charge in [-0.05, 0) is 37.4 Å². The average Bonchev–Trinajstić information content (AvgIpc) is 2.99. The van der Waals surface area contributed by atoms with Crippen LogP contribution in [0.15, 0.2) is 12.1 Å². The zero-order valence-electron chi connectivity index (χ0n) is 11.7. The Morgan fingerprint density at radius 2 is 2.38 bits per heavy atom. The van der Waals surface area contributed by atoms with Crippen molar-refractivity contribution in [1.82, 2.24) is 14.1 Å². The Labute approximate surface area is 132 Å². The van der Waals surface area contributed by atoms with Crippen molar-refractivity contribution < 1.29 is 4.79 Å². The molecule has 3 rings (SSSR count). The van der Waals surface area contributed by atoms with Crippen LogP contribution in [0.4, 0.5) is 5.69 Å². The lowest BCUT2D eigenvalue weighted by molar-refractivity contribution is -0.119. The zero-order chi connectivity index (χ0) is 14.8. The molecule has 2 atom stereocenters. The molecule has 21 heavy (non-hydrogen) atoms. The van der Waals surface area contributed by atoms with Gasteiger partial charge < -0.3 is 10.6 Å². The quantitative estimate of drug-likeness (QED) is 0.910. The molecule has 1 saturated heterocycles. The summed E-state index contributed by atoms with van der Waals surface area (Å²) >= 11 is 7.32. The molecule has 0 bridgehead atoms. The number of nitrogens with one attached hydrogen (secondary N) is 2. The van der Waals surface area contributed by atoms with Gasteiger partial charge in [-0.3, -0.25) is 4.79 Å². The van der Waals surface area contributed by atoms with Crippen LogP contribution >= 0.6 is 23.3 Å². The summed E-state index contributed by atoms with van der Waals surface area (Å²) in [5.74, 6) is 0.560. The van der Waals surface area contributed by atoms with E-state index in [0.717, 1.165) is 43.1 Å². The van der Waals surface area contributed by atoms with Crippen molar-refractivity contribution in [3.63, 3.8) is 0 Å². The molecule has 2 heterocycles. The topological polar surface area (TPSA) is 66.9 Å². The van der Waals surface area contributed by atoms with Crippen molar-refractivity contribution in [3.05, 3.63) is 17.2 Å². The monoisotopic (exact) mass is 324 g/mol. The first kappa shape index (κ1) is 14.7. The summed E-state index contributed by atoms with van der Waals surface area (Å²) in [4.78, 5) is 12.5. The minimum absolute atomic E-state index is 0.0458. The van der Waals surface area contributed by atoms with Crippen LogP contribution in [-0.2, 0) is 4.79 Å². The van der Waals surface area contributed by atoms with Gasteiger partial charge in [0.1, 0.15) is 11.0 Å². The lowest BCUT2D eigenvalue weighted by Crippen LogP contribution is -2.46. The van der Waals surface area contributed by atoms with Crippen LogP contribution in [0.25, 0.3) is 11.0 Å². The third kappa shape index (κ3) is 3.02. The van der Waals surface area contributed by atoms with E-state index < -0.39 is 0 Å². The Morgan fingerprint density at radius 3 is 3.19 bits per heavy atom. The molecule has 1 fully saturated rings. The van der Waals surface area contributed by atoms with E-state index in [1.165, 1.54) is 0 Å². The van der Waals surface area contributed by atoms with Crippen LogP contribution in [0.1, 0.15) is 26.2 Å². The van der Waals surface area contributed by atoms with Gasteiger partial charge >= 0.3 is 0 Å². The number of anilines is 1. The molecule has 2 unspecified atom stereocenters. The molecule has 2 N–H and O–H groups in total. The number of nitrogens with zero attached hydrogens (tertiary/aromatic N) is 2. The molecule has 0 spiro atoms. The summed E-state index contributed by atoms with van der Waals surface area (Å²) in [7, 11) is 0. The van der Waals surface area contributed by atoms with Crippen LogP contribution < -0.4 is 10.6 Å². The molecule has 112 valence electrons. The molecule has 1 aromatic heterocycles. The Bertz CT molecular complexity index is 659. The number of hydrogen-bond acceptors (Lipinski definition) is 5. The number of carbonyl (C=O) groups excluding carboxylic acids is 1. The van der Waals surface area contributed by atoms with Crippen molar-refractivity contribution in [1.29, 1.82) is 0 Å². The lowest BCUT2D eigenvalue weighted by atomic mass is 9.90. The summed E-state index contributed by atoms with van der Waals surface area (Å²) in [6.45, 7) is 3.05. The number of halogens is 1. The number of fused-ring (bicyclic) bond motifs is 1. The van der Waals surface area contributed by atoms with Crippen molar-refractivity contribution in [2.24, 2.45) is 5.92 Å². The van der Waals surface area contributed by atoms with E-state index in [2.05, 4.69) is 26.3 Å². The maximum atomic E-state index is 12.5. The Morgan fingerprint density at radius 1 is 1.52 bits per heavy atom. The third-order valence-electron chi connectivity index (χ3n) is 4.03. The largest absolute Gasteiger partial charge is 0.322 e. The Kier molecular flexibility index (Phi) is 4.37. The molecule has 1 amide bonds. The van der Waals surface area contributed by atoms with Gasteiger partial charge in [-0.1, -0.05) is 24.9 Å². The number of amides is 1. The molecule has 1 aromatic carbocycles. The molecule has 1 aliphatic heterocycles. The van der Waals surface area contributed by atoms with Gasteiger partial charge in [0.15, 0.2) is 0 Å². The smallest absolute Gasteiger partial charge is 0.241 e. The second kappa shape index (κ2) is 6.25. The highest BCUT2D eigenvalue weighted by atomic mass is 35.5. The molecule has 0 radical (unpaired) electrons. The van der Waals surface area contributed by atoms with Crippen molar-refractivity contribution in [2.45, 2.75) is 32.2 Å². The molecular weight excluding hydrogens is 308 g/mol. The normalized spacial score (nSPS) is 22.4. The highest BCUT2D eigenvalue weighted by molar-refractivity contribution is 7.00. The van der Waals surface area contributed by atoms with Gasteiger partial charge in [-0.15, -0.1) is 0 Å². The third-order valence-corrected chi connectivity index (χ3v) is 4.89. The van der Waals surface area contributed by atoms with Crippen LogP contribution in [0.2, 0.25) is 5.02 Å². The van der Waals surface area contributed by atoms with E-state index in [-0.39, 0.29) is 11.9 Å².